The molecule has 0 saturated carbocycles. The molecular formula is C18H17NO6S. The zero-order chi connectivity index (χ0) is 18.7. The van der Waals surface area contributed by atoms with Crippen LogP contribution < -0.4 is 4.31 Å². The van der Waals surface area contributed by atoms with Crippen molar-refractivity contribution >= 4 is 27.6 Å². The molecule has 1 heterocycles. The van der Waals surface area contributed by atoms with Crippen molar-refractivity contribution in [2.75, 3.05) is 18.0 Å². The fraction of sp³-hybridized carbons (Fsp3) is 0.222. The SMILES string of the molecule is CN(c1ccccc1)S(=O)(=O)c1cccc(C(=O)OC2CCOC2=O)c1. The third kappa shape index (κ3) is 3.55. The predicted molar refractivity (Wildman–Crippen MR) is 93.3 cm³/mol. The number of sulfonamides is 1. The number of anilines is 1. The van der Waals surface area contributed by atoms with Gasteiger partial charge >= 0.3 is 11.9 Å². The number of hydrogen-bond donors (Lipinski definition) is 0. The van der Waals surface area contributed by atoms with Gasteiger partial charge < -0.3 is 9.47 Å². The van der Waals surface area contributed by atoms with Crippen LogP contribution in [0.4, 0.5) is 5.69 Å². The summed E-state index contributed by atoms with van der Waals surface area (Å²) in [4.78, 5) is 23.6. The molecule has 0 aliphatic carbocycles. The maximum Gasteiger partial charge on any atom is 0.347 e. The average molecular weight is 375 g/mol. The first-order valence-electron chi connectivity index (χ1n) is 7.91. The Balaban J connectivity index is 1.84. The standard InChI is InChI=1S/C18H17NO6S/c1-19(14-7-3-2-4-8-14)26(22,23)15-9-5-6-13(12-15)17(20)25-16-10-11-24-18(16)21/h2-9,12,16H,10-11H2,1H3. The molecule has 1 saturated heterocycles. The van der Waals surface area contributed by atoms with Gasteiger partial charge in [0.25, 0.3) is 10.0 Å². The Bertz CT molecular complexity index is 926. The molecule has 1 aliphatic heterocycles. The van der Waals surface area contributed by atoms with Gasteiger partial charge in [-0.25, -0.2) is 18.0 Å². The normalized spacial score (nSPS) is 16.8. The molecule has 0 bridgehead atoms. The topological polar surface area (TPSA) is 90.0 Å². The van der Waals surface area contributed by atoms with E-state index in [1.165, 1.54) is 31.3 Å². The van der Waals surface area contributed by atoms with Gasteiger partial charge in [-0.3, -0.25) is 4.31 Å². The highest BCUT2D eigenvalue weighted by Crippen LogP contribution is 2.23. The first kappa shape index (κ1) is 17.9. The molecule has 3 rings (SSSR count). The molecular weight excluding hydrogens is 358 g/mol. The number of esters is 2. The van der Waals surface area contributed by atoms with Gasteiger partial charge in [0.2, 0.25) is 6.10 Å². The molecule has 1 atom stereocenters. The van der Waals surface area contributed by atoms with Crippen LogP contribution in [0, 0.1) is 0 Å². The lowest BCUT2D eigenvalue weighted by atomic mass is 10.2. The van der Waals surface area contributed by atoms with Gasteiger partial charge in [-0.15, -0.1) is 0 Å². The number of para-hydroxylation sites is 1. The minimum absolute atomic E-state index is 0.0484. The summed E-state index contributed by atoms with van der Waals surface area (Å²) in [6.07, 6.45) is -0.658. The second-order valence-electron chi connectivity index (χ2n) is 5.69. The third-order valence-corrected chi connectivity index (χ3v) is 5.77. The summed E-state index contributed by atoms with van der Waals surface area (Å²) in [5, 5.41) is 0. The van der Waals surface area contributed by atoms with Crippen molar-refractivity contribution < 1.29 is 27.5 Å². The van der Waals surface area contributed by atoms with Crippen molar-refractivity contribution in [2.24, 2.45) is 0 Å². The fourth-order valence-corrected chi connectivity index (χ4v) is 3.74. The van der Waals surface area contributed by atoms with Gasteiger partial charge in [-0.05, 0) is 30.3 Å². The summed E-state index contributed by atoms with van der Waals surface area (Å²) in [6, 6.07) is 14.1. The molecule has 0 amide bonds. The molecule has 0 radical (unpaired) electrons. The molecule has 1 unspecified atom stereocenters. The van der Waals surface area contributed by atoms with E-state index in [0.717, 1.165) is 4.31 Å². The average Bonchev–Trinajstić information content (AvgIpc) is 3.06. The molecule has 2 aromatic rings. The fourth-order valence-electron chi connectivity index (χ4n) is 2.50. The number of carbonyl (C=O) groups is 2. The maximum atomic E-state index is 12.8. The lowest BCUT2D eigenvalue weighted by Gasteiger charge is -2.19. The lowest BCUT2D eigenvalue weighted by Crippen LogP contribution is -2.27. The first-order chi connectivity index (χ1) is 12.4. The van der Waals surface area contributed by atoms with Crippen molar-refractivity contribution in [3.8, 4) is 0 Å². The van der Waals surface area contributed by atoms with E-state index in [4.69, 9.17) is 9.47 Å². The monoisotopic (exact) mass is 375 g/mol. The predicted octanol–water partition coefficient (Wildman–Crippen LogP) is 1.98. The van der Waals surface area contributed by atoms with E-state index in [9.17, 15) is 18.0 Å². The molecule has 136 valence electrons. The van der Waals surface area contributed by atoms with Crippen LogP contribution in [0.2, 0.25) is 0 Å². The van der Waals surface area contributed by atoms with Crippen LogP contribution in [0.5, 0.6) is 0 Å². The minimum Gasteiger partial charge on any atom is -0.463 e. The van der Waals surface area contributed by atoms with Gasteiger partial charge in [0.05, 0.1) is 22.8 Å². The van der Waals surface area contributed by atoms with Crippen LogP contribution >= 0.6 is 0 Å². The Morgan fingerprint density at radius 1 is 1.15 bits per heavy atom. The third-order valence-electron chi connectivity index (χ3n) is 3.98. The number of carbonyl (C=O) groups excluding carboxylic acids is 2. The summed E-state index contributed by atoms with van der Waals surface area (Å²) in [5.74, 6) is -1.36. The summed E-state index contributed by atoms with van der Waals surface area (Å²) >= 11 is 0. The summed E-state index contributed by atoms with van der Waals surface area (Å²) in [5.41, 5.74) is 0.543. The molecule has 1 fully saturated rings. The molecule has 0 aromatic heterocycles. The zero-order valence-corrected chi connectivity index (χ0v) is 14.8. The lowest BCUT2D eigenvalue weighted by molar-refractivity contribution is -0.145. The van der Waals surface area contributed by atoms with Crippen molar-refractivity contribution in [1.29, 1.82) is 0 Å². The van der Waals surface area contributed by atoms with Crippen molar-refractivity contribution in [3.63, 3.8) is 0 Å². The number of ether oxygens (including phenoxy) is 2. The molecule has 0 spiro atoms. The number of benzene rings is 2. The van der Waals surface area contributed by atoms with Crippen LogP contribution in [-0.2, 0) is 24.3 Å². The van der Waals surface area contributed by atoms with Crippen molar-refractivity contribution in [1.82, 2.24) is 0 Å². The largest absolute Gasteiger partial charge is 0.463 e. The second-order valence-corrected chi connectivity index (χ2v) is 7.66. The number of cyclic esters (lactones) is 1. The Hall–Kier alpha value is -2.87. The molecule has 7 nitrogen and oxygen atoms in total. The Labute approximate surface area is 151 Å². The molecule has 1 aliphatic rings. The molecule has 8 heteroatoms. The summed E-state index contributed by atoms with van der Waals surface area (Å²) < 4.78 is 36.6. The number of nitrogens with zero attached hydrogens (tertiary/aromatic N) is 1. The summed E-state index contributed by atoms with van der Waals surface area (Å²) in [7, 11) is -2.42. The molecule has 26 heavy (non-hydrogen) atoms. The van der Waals surface area contributed by atoms with Gasteiger partial charge in [0.1, 0.15) is 0 Å². The Morgan fingerprint density at radius 2 is 1.88 bits per heavy atom. The van der Waals surface area contributed by atoms with E-state index >= 15 is 0 Å². The van der Waals surface area contributed by atoms with Crippen LogP contribution in [0.15, 0.2) is 59.5 Å². The van der Waals surface area contributed by atoms with Crippen LogP contribution in [0.1, 0.15) is 16.8 Å². The quantitative estimate of drug-likeness (QED) is 0.743. The van der Waals surface area contributed by atoms with Crippen molar-refractivity contribution in [2.45, 2.75) is 17.4 Å². The van der Waals surface area contributed by atoms with Crippen LogP contribution in [0.25, 0.3) is 0 Å². The Morgan fingerprint density at radius 3 is 2.54 bits per heavy atom. The van der Waals surface area contributed by atoms with Crippen molar-refractivity contribution in [3.05, 3.63) is 60.2 Å². The van der Waals surface area contributed by atoms with Crippen LogP contribution in [-0.4, -0.2) is 40.1 Å². The molecule has 0 N–H and O–H groups in total. The van der Waals surface area contributed by atoms with E-state index < -0.39 is 28.1 Å². The number of hydrogen-bond acceptors (Lipinski definition) is 6. The van der Waals surface area contributed by atoms with E-state index in [2.05, 4.69) is 0 Å². The second kappa shape index (κ2) is 7.17. The highest BCUT2D eigenvalue weighted by molar-refractivity contribution is 7.92. The van der Waals surface area contributed by atoms with Crippen LogP contribution in [0.3, 0.4) is 0 Å². The minimum atomic E-state index is -3.85. The van der Waals surface area contributed by atoms with Gasteiger partial charge in [-0.1, -0.05) is 24.3 Å². The Kier molecular flexibility index (Phi) is 4.94. The molecule has 2 aromatic carbocycles. The highest BCUT2D eigenvalue weighted by atomic mass is 32.2. The zero-order valence-electron chi connectivity index (χ0n) is 14.0. The number of rotatable bonds is 5. The van der Waals surface area contributed by atoms with E-state index in [1.54, 1.807) is 30.3 Å². The van der Waals surface area contributed by atoms with E-state index in [0.29, 0.717) is 12.1 Å². The van der Waals surface area contributed by atoms with Gasteiger partial charge in [0.15, 0.2) is 0 Å². The van der Waals surface area contributed by atoms with E-state index in [1.807, 2.05) is 0 Å². The van der Waals surface area contributed by atoms with E-state index in [-0.39, 0.29) is 17.1 Å². The van der Waals surface area contributed by atoms with Gasteiger partial charge in [-0.2, -0.15) is 0 Å². The summed E-state index contributed by atoms with van der Waals surface area (Å²) in [6.45, 7) is 0.201. The van der Waals surface area contributed by atoms with Gasteiger partial charge in [0, 0.05) is 13.5 Å². The first-order valence-corrected chi connectivity index (χ1v) is 9.35. The maximum absolute atomic E-state index is 12.8. The highest BCUT2D eigenvalue weighted by Gasteiger charge is 2.31. The smallest absolute Gasteiger partial charge is 0.347 e.